The van der Waals surface area contributed by atoms with Gasteiger partial charge in [0.25, 0.3) is 0 Å². The van der Waals surface area contributed by atoms with Crippen LogP contribution in [0.15, 0.2) is 146 Å². The Morgan fingerprint density at radius 3 is 1.13 bits per heavy atom. The van der Waals surface area contributed by atoms with Crippen molar-refractivity contribution >= 4 is 34.2 Å². The largest absolute Gasteiger partial charge is 0.497 e. The molecule has 6 rings (SSSR count). The molecule has 0 N–H and O–H groups in total. The van der Waals surface area contributed by atoms with Crippen LogP contribution in [0.5, 0.6) is 5.75 Å². The average molecular weight is 511 g/mol. The second-order valence-electron chi connectivity index (χ2n) is 9.22. The lowest BCUT2D eigenvalue weighted by Crippen LogP contribution is -2.07. The van der Waals surface area contributed by atoms with Gasteiger partial charge in [0.05, 0.1) is 7.11 Å². The highest BCUT2D eigenvalue weighted by atomic mass is 31.2. The van der Waals surface area contributed by atoms with Crippen molar-refractivity contribution in [2.45, 2.75) is 0 Å². The van der Waals surface area contributed by atoms with Gasteiger partial charge in [-0.1, -0.05) is 121 Å². The monoisotopic (exact) mass is 510 g/mol. The van der Waals surface area contributed by atoms with Crippen LogP contribution in [-0.4, -0.2) is 7.11 Å². The van der Waals surface area contributed by atoms with E-state index in [2.05, 4.69) is 48.5 Å². The predicted molar refractivity (Wildman–Crippen MR) is 160 cm³/mol. The molecule has 0 amide bonds. The van der Waals surface area contributed by atoms with Gasteiger partial charge in [0.2, 0.25) is 0 Å². The van der Waals surface area contributed by atoms with E-state index in [9.17, 15) is 0 Å². The molecule has 1 heterocycles. The van der Waals surface area contributed by atoms with Gasteiger partial charge in [-0.15, -0.1) is 0 Å². The highest BCUT2D eigenvalue weighted by Crippen LogP contribution is 2.76. The number of methoxy groups -OCH3 is 1. The lowest BCUT2D eigenvalue weighted by Gasteiger charge is -2.23. The molecule has 1 aliphatic rings. The molecule has 0 unspecified atom stereocenters. The smallest absolute Gasteiger partial charge is 0.173 e. The molecule has 0 saturated carbocycles. The van der Waals surface area contributed by atoms with E-state index in [0.717, 1.165) is 55.1 Å². The third-order valence-corrected chi connectivity index (χ3v) is 10.3. The van der Waals surface area contributed by atoms with Crippen LogP contribution in [0.4, 0.5) is 0 Å². The predicted octanol–water partition coefficient (Wildman–Crippen LogP) is 8.83. The van der Waals surface area contributed by atoms with E-state index >= 15 is 4.57 Å². The molecule has 0 aliphatic carbocycles. The molecule has 0 aromatic heterocycles. The van der Waals surface area contributed by atoms with Crippen molar-refractivity contribution in [3.05, 3.63) is 168 Å². The third kappa shape index (κ3) is 4.04. The number of ether oxygens (including phenoxy) is 1. The Morgan fingerprint density at radius 2 is 0.789 bits per heavy atom. The Labute approximate surface area is 224 Å². The first kappa shape index (κ1) is 24.0. The van der Waals surface area contributed by atoms with Gasteiger partial charge in [-0.25, -0.2) is 0 Å². The number of benzene rings is 5. The molecule has 1 aliphatic heterocycles. The topological polar surface area (TPSA) is 26.3 Å². The van der Waals surface area contributed by atoms with Crippen molar-refractivity contribution in [2.24, 2.45) is 0 Å². The van der Waals surface area contributed by atoms with Crippen LogP contribution >= 0.6 is 7.14 Å². The van der Waals surface area contributed by atoms with E-state index < -0.39 is 7.14 Å². The van der Waals surface area contributed by atoms with Crippen molar-refractivity contribution < 1.29 is 9.30 Å². The molecule has 38 heavy (non-hydrogen) atoms. The van der Waals surface area contributed by atoms with Gasteiger partial charge in [0.15, 0.2) is 7.14 Å². The van der Waals surface area contributed by atoms with Gasteiger partial charge >= 0.3 is 0 Å². The molecule has 0 atom stereocenters. The van der Waals surface area contributed by atoms with Gasteiger partial charge in [-0.05, 0) is 46.5 Å². The van der Waals surface area contributed by atoms with E-state index in [0.29, 0.717) is 0 Å². The Balaban J connectivity index is 1.81. The minimum Gasteiger partial charge on any atom is -0.497 e. The summed E-state index contributed by atoms with van der Waals surface area (Å²) in [6, 6.07) is 48.8. The van der Waals surface area contributed by atoms with Gasteiger partial charge < -0.3 is 9.30 Å². The van der Waals surface area contributed by atoms with Crippen molar-refractivity contribution in [3.8, 4) is 5.75 Å². The molecule has 2 nitrogen and oxygen atoms in total. The molecule has 0 bridgehead atoms. The molecule has 184 valence electrons. The van der Waals surface area contributed by atoms with Gasteiger partial charge in [-0.3, -0.25) is 0 Å². The summed E-state index contributed by atoms with van der Waals surface area (Å²) in [5, 5.41) is 2.52. The molecular weight excluding hydrogens is 483 g/mol. The first-order chi connectivity index (χ1) is 18.7. The summed E-state index contributed by atoms with van der Waals surface area (Å²) in [7, 11) is -1.71. The van der Waals surface area contributed by atoms with Crippen molar-refractivity contribution in [1.29, 1.82) is 0 Å². The maximum atomic E-state index is 16.1. The summed E-state index contributed by atoms with van der Waals surface area (Å²) in [5.41, 5.74) is 6.05. The van der Waals surface area contributed by atoms with Crippen LogP contribution in [-0.2, 0) is 4.57 Å². The van der Waals surface area contributed by atoms with Crippen molar-refractivity contribution in [3.63, 3.8) is 0 Å². The van der Waals surface area contributed by atoms with Crippen LogP contribution in [0, 0.1) is 0 Å². The molecular formula is C35H27O2P. The van der Waals surface area contributed by atoms with E-state index in [4.69, 9.17) is 4.74 Å². The van der Waals surface area contributed by atoms with E-state index in [-0.39, 0.29) is 0 Å². The van der Waals surface area contributed by atoms with E-state index in [1.54, 1.807) is 7.11 Å². The Hall–Kier alpha value is -4.39. The van der Waals surface area contributed by atoms with Crippen LogP contribution in [0.3, 0.4) is 0 Å². The zero-order valence-corrected chi connectivity index (χ0v) is 22.0. The highest BCUT2D eigenvalue weighted by Gasteiger charge is 2.46. The molecule has 0 saturated heterocycles. The maximum absolute atomic E-state index is 16.1. The summed E-state index contributed by atoms with van der Waals surface area (Å²) in [6.07, 6.45) is 0. The van der Waals surface area contributed by atoms with Crippen molar-refractivity contribution in [2.75, 3.05) is 7.11 Å². The number of hydrogen-bond donors (Lipinski definition) is 0. The Kier molecular flexibility index (Phi) is 6.42. The average Bonchev–Trinajstić information content (AvgIpc) is 3.29. The molecule has 0 radical (unpaired) electrons. The van der Waals surface area contributed by atoms with Crippen LogP contribution in [0.25, 0.3) is 21.8 Å². The molecule has 0 fully saturated rings. The SMILES string of the molecule is COc1ccc(P2(=O)C(c3ccccc3)=C(c3ccccc3)C(c3ccccc3)=C2c2ccccc2)cc1. The fraction of sp³-hybridized carbons (Fsp3) is 0.0286. The van der Waals surface area contributed by atoms with Gasteiger partial charge in [-0.2, -0.15) is 0 Å². The Bertz CT molecular complexity index is 1570. The minimum absolute atomic E-state index is 0.738. The lowest BCUT2D eigenvalue weighted by atomic mass is 9.89. The number of allylic oxidation sites excluding steroid dienone is 2. The fourth-order valence-corrected chi connectivity index (χ4v) is 8.78. The summed E-state index contributed by atoms with van der Waals surface area (Å²) in [4.78, 5) is 0. The fourth-order valence-electron chi connectivity index (χ4n) is 5.33. The normalized spacial score (nSPS) is 14.6. The zero-order chi connectivity index (χ0) is 26.0. The maximum Gasteiger partial charge on any atom is 0.173 e. The first-order valence-electron chi connectivity index (χ1n) is 12.7. The second kappa shape index (κ2) is 10.2. The standard InChI is InChI=1S/C35H27O2P/c1-37-30-22-24-31(25-23-30)38(36)34(28-18-10-4-11-19-28)32(26-14-6-2-7-15-26)33(27-16-8-3-9-17-27)35(38)29-20-12-5-13-21-29/h2-25H,1H3. The summed E-state index contributed by atoms with van der Waals surface area (Å²) < 4.78 is 21.5. The summed E-state index contributed by atoms with van der Waals surface area (Å²) >= 11 is 0. The van der Waals surface area contributed by atoms with Crippen LogP contribution in [0.2, 0.25) is 0 Å². The summed E-state index contributed by atoms with van der Waals surface area (Å²) in [6.45, 7) is 0. The molecule has 3 heteroatoms. The molecule has 5 aromatic carbocycles. The van der Waals surface area contributed by atoms with Crippen molar-refractivity contribution in [1.82, 2.24) is 0 Å². The summed E-state index contributed by atoms with van der Waals surface area (Å²) in [5.74, 6) is 0.738. The zero-order valence-electron chi connectivity index (χ0n) is 21.1. The van der Waals surface area contributed by atoms with Crippen LogP contribution in [0.1, 0.15) is 22.3 Å². The van der Waals surface area contributed by atoms with Gasteiger partial charge in [0.1, 0.15) is 5.75 Å². The Morgan fingerprint density at radius 1 is 0.447 bits per heavy atom. The minimum atomic E-state index is -3.36. The molecule has 5 aromatic rings. The van der Waals surface area contributed by atoms with Crippen LogP contribution < -0.4 is 10.0 Å². The van der Waals surface area contributed by atoms with E-state index in [1.165, 1.54) is 0 Å². The van der Waals surface area contributed by atoms with E-state index in [1.807, 2.05) is 97.1 Å². The first-order valence-corrected chi connectivity index (χ1v) is 14.4. The quantitative estimate of drug-likeness (QED) is 0.213. The highest BCUT2D eigenvalue weighted by molar-refractivity contribution is 7.91. The third-order valence-electron chi connectivity index (χ3n) is 7.01. The second-order valence-corrected chi connectivity index (χ2v) is 11.8. The van der Waals surface area contributed by atoms with Gasteiger partial charge in [0, 0.05) is 27.1 Å². The number of hydrogen-bond acceptors (Lipinski definition) is 2. The molecule has 0 spiro atoms. The number of rotatable bonds is 6. The lowest BCUT2D eigenvalue weighted by molar-refractivity contribution is 0.415.